The van der Waals surface area contributed by atoms with Gasteiger partial charge in [-0.25, -0.2) is 0 Å². The van der Waals surface area contributed by atoms with Crippen LogP contribution in [0.5, 0.6) is 0 Å². The van der Waals surface area contributed by atoms with Crippen LogP contribution in [0.1, 0.15) is 17.3 Å². The molecule has 1 atom stereocenters. The molecule has 0 bridgehead atoms. The van der Waals surface area contributed by atoms with Crippen molar-refractivity contribution in [1.29, 1.82) is 0 Å². The van der Waals surface area contributed by atoms with Crippen molar-refractivity contribution in [3.8, 4) is 0 Å². The highest BCUT2D eigenvalue weighted by atomic mass is 127. The van der Waals surface area contributed by atoms with Crippen molar-refractivity contribution in [2.45, 2.75) is 12.6 Å². The van der Waals surface area contributed by atoms with Crippen LogP contribution >= 0.6 is 34.2 Å². The lowest BCUT2D eigenvalue weighted by Gasteiger charge is -2.15. The van der Waals surface area contributed by atoms with E-state index in [1.165, 1.54) is 0 Å². The molecule has 0 aliphatic heterocycles. The van der Waals surface area contributed by atoms with Crippen LogP contribution in [-0.4, -0.2) is 23.5 Å². The summed E-state index contributed by atoms with van der Waals surface area (Å²) < 4.78 is 8.01. The zero-order valence-electron chi connectivity index (χ0n) is 10.5. The Morgan fingerprint density at radius 1 is 1.53 bits per heavy atom. The molecule has 1 unspecified atom stereocenters. The number of nitrogens with two attached hydrogens (primary N) is 1. The summed E-state index contributed by atoms with van der Waals surface area (Å²) in [7, 11) is 1.66. The van der Waals surface area contributed by atoms with Crippen molar-refractivity contribution < 1.29 is 4.74 Å². The first-order valence-electron chi connectivity index (χ1n) is 5.84. The first-order chi connectivity index (χ1) is 9.13. The van der Waals surface area contributed by atoms with Gasteiger partial charge < -0.3 is 10.5 Å². The van der Waals surface area contributed by atoms with Gasteiger partial charge in [0, 0.05) is 10.7 Å². The fraction of sp³-hybridized carbons (Fsp3) is 0.308. The van der Waals surface area contributed by atoms with Crippen LogP contribution in [0.25, 0.3) is 0 Å². The molecule has 0 aliphatic rings. The average Bonchev–Trinajstić information content (AvgIpc) is 2.76. The van der Waals surface area contributed by atoms with Crippen LogP contribution in [0.3, 0.4) is 0 Å². The van der Waals surface area contributed by atoms with Gasteiger partial charge in [0.15, 0.2) is 0 Å². The van der Waals surface area contributed by atoms with Gasteiger partial charge in [-0.1, -0.05) is 23.7 Å². The molecule has 2 N–H and O–H groups in total. The van der Waals surface area contributed by atoms with E-state index in [-0.39, 0.29) is 6.04 Å². The molecule has 0 spiro atoms. The second kappa shape index (κ2) is 6.69. The predicted octanol–water partition coefficient (Wildman–Crippen LogP) is 2.84. The van der Waals surface area contributed by atoms with Gasteiger partial charge in [0.05, 0.1) is 36.1 Å². The maximum absolute atomic E-state index is 6.31. The van der Waals surface area contributed by atoms with Crippen LogP contribution in [0, 0.1) is 3.57 Å². The van der Waals surface area contributed by atoms with Gasteiger partial charge in [-0.05, 0) is 40.3 Å². The zero-order chi connectivity index (χ0) is 13.8. The monoisotopic (exact) mass is 391 g/mol. The molecular weight excluding hydrogens is 377 g/mol. The number of aromatic nitrogens is 2. The summed E-state index contributed by atoms with van der Waals surface area (Å²) in [6.07, 6.45) is 1.63. The van der Waals surface area contributed by atoms with Crippen LogP contribution in [0.2, 0.25) is 5.02 Å². The molecule has 1 heterocycles. The molecule has 0 amide bonds. The van der Waals surface area contributed by atoms with Crippen LogP contribution in [0.15, 0.2) is 30.5 Å². The van der Waals surface area contributed by atoms with Gasteiger partial charge in [0.25, 0.3) is 0 Å². The summed E-state index contributed by atoms with van der Waals surface area (Å²) in [5.74, 6) is 0. The molecule has 2 aromatic rings. The number of methoxy groups -OCH3 is 1. The van der Waals surface area contributed by atoms with Crippen molar-refractivity contribution in [2.24, 2.45) is 5.73 Å². The van der Waals surface area contributed by atoms with E-state index >= 15 is 0 Å². The Morgan fingerprint density at radius 3 is 3.00 bits per heavy atom. The van der Waals surface area contributed by atoms with Crippen LogP contribution in [-0.2, 0) is 11.3 Å². The second-order valence-corrected chi connectivity index (χ2v) is 5.78. The zero-order valence-corrected chi connectivity index (χ0v) is 13.4. The van der Waals surface area contributed by atoms with Gasteiger partial charge in [-0.15, -0.1) is 0 Å². The topological polar surface area (TPSA) is 53.1 Å². The summed E-state index contributed by atoms with van der Waals surface area (Å²) in [6.45, 7) is 1.21. The van der Waals surface area contributed by atoms with E-state index in [9.17, 15) is 0 Å². The highest BCUT2D eigenvalue weighted by Crippen LogP contribution is 2.27. The Hall–Kier alpha value is -0.630. The molecule has 0 radical (unpaired) electrons. The number of nitrogens with zero attached hydrogens (tertiary/aromatic N) is 2. The molecule has 6 heteroatoms. The molecule has 1 aromatic heterocycles. The Labute approximate surface area is 131 Å². The van der Waals surface area contributed by atoms with Crippen LogP contribution in [0.4, 0.5) is 0 Å². The quantitative estimate of drug-likeness (QED) is 0.798. The smallest absolute Gasteiger partial charge is 0.0837 e. The summed E-state index contributed by atoms with van der Waals surface area (Å²) in [4.78, 5) is 0. The van der Waals surface area contributed by atoms with E-state index in [0.29, 0.717) is 18.2 Å². The molecule has 0 saturated heterocycles. The molecule has 0 aliphatic carbocycles. The fourth-order valence-corrected chi connectivity index (χ4v) is 2.72. The first kappa shape index (κ1) is 14.8. The third kappa shape index (κ3) is 3.47. The number of halogens is 2. The maximum atomic E-state index is 6.31. The molecule has 0 fully saturated rings. The van der Waals surface area contributed by atoms with Gasteiger partial charge >= 0.3 is 0 Å². The van der Waals surface area contributed by atoms with E-state index in [2.05, 4.69) is 33.8 Å². The maximum Gasteiger partial charge on any atom is 0.0837 e. The molecule has 102 valence electrons. The summed E-state index contributed by atoms with van der Waals surface area (Å²) in [5.41, 5.74) is 8.15. The number of ether oxygens (including phenoxy) is 1. The summed E-state index contributed by atoms with van der Waals surface area (Å²) in [6, 6.07) is 7.77. The number of hydrogen-bond donors (Lipinski definition) is 1. The van der Waals surface area contributed by atoms with E-state index in [1.54, 1.807) is 18.0 Å². The van der Waals surface area contributed by atoms with Gasteiger partial charge in [0.2, 0.25) is 0 Å². The minimum atomic E-state index is -0.290. The third-order valence-electron chi connectivity index (χ3n) is 2.84. The minimum absolute atomic E-state index is 0.290. The first-order valence-corrected chi connectivity index (χ1v) is 7.30. The Balaban J connectivity index is 2.32. The van der Waals surface area contributed by atoms with Crippen LogP contribution < -0.4 is 5.73 Å². The summed E-state index contributed by atoms with van der Waals surface area (Å²) >= 11 is 8.47. The van der Waals surface area contributed by atoms with Gasteiger partial charge in [-0.3, -0.25) is 4.68 Å². The molecule has 0 saturated carbocycles. The predicted molar refractivity (Wildman–Crippen MR) is 84.3 cm³/mol. The van der Waals surface area contributed by atoms with Crippen molar-refractivity contribution in [3.05, 3.63) is 50.3 Å². The minimum Gasteiger partial charge on any atom is -0.383 e. The largest absolute Gasteiger partial charge is 0.383 e. The average molecular weight is 392 g/mol. The van der Waals surface area contributed by atoms with E-state index < -0.39 is 0 Å². The number of hydrogen-bond acceptors (Lipinski definition) is 3. The lowest BCUT2D eigenvalue weighted by Crippen LogP contribution is -2.19. The lowest BCUT2D eigenvalue weighted by molar-refractivity contribution is 0.182. The van der Waals surface area contributed by atoms with Gasteiger partial charge in [-0.2, -0.15) is 5.10 Å². The standard InChI is InChI=1S/C13H15ClIN3O/c1-19-6-5-18-13(11(14)8-17-18)12(16)9-3-2-4-10(15)7-9/h2-4,7-8,12H,5-6,16H2,1H3. The molecule has 2 rings (SSSR count). The normalized spacial score (nSPS) is 12.6. The van der Waals surface area contributed by atoms with E-state index in [1.807, 2.05) is 18.2 Å². The van der Waals surface area contributed by atoms with E-state index in [4.69, 9.17) is 22.1 Å². The van der Waals surface area contributed by atoms with Crippen molar-refractivity contribution in [1.82, 2.24) is 9.78 Å². The van der Waals surface area contributed by atoms with Crippen molar-refractivity contribution in [2.75, 3.05) is 13.7 Å². The molecular formula is C13H15ClIN3O. The molecule has 19 heavy (non-hydrogen) atoms. The third-order valence-corrected chi connectivity index (χ3v) is 3.81. The highest BCUT2D eigenvalue weighted by Gasteiger charge is 2.18. The summed E-state index contributed by atoms with van der Waals surface area (Å²) in [5, 5.41) is 4.83. The highest BCUT2D eigenvalue weighted by molar-refractivity contribution is 14.1. The Morgan fingerprint density at radius 2 is 2.32 bits per heavy atom. The fourth-order valence-electron chi connectivity index (χ4n) is 1.89. The van der Waals surface area contributed by atoms with Crippen molar-refractivity contribution in [3.63, 3.8) is 0 Å². The molecule has 1 aromatic carbocycles. The SMILES string of the molecule is COCCn1ncc(Cl)c1C(N)c1cccc(I)c1. The number of benzene rings is 1. The van der Waals surface area contributed by atoms with Gasteiger partial charge in [0.1, 0.15) is 0 Å². The second-order valence-electron chi connectivity index (χ2n) is 4.13. The molecule has 4 nitrogen and oxygen atoms in total. The Bertz CT molecular complexity index is 559. The van der Waals surface area contributed by atoms with E-state index in [0.717, 1.165) is 14.8 Å². The number of rotatable bonds is 5. The van der Waals surface area contributed by atoms with Crippen molar-refractivity contribution >= 4 is 34.2 Å². The Kier molecular flexibility index (Phi) is 5.20. The lowest BCUT2D eigenvalue weighted by atomic mass is 10.0.